The van der Waals surface area contributed by atoms with E-state index in [9.17, 15) is 0 Å². The minimum absolute atomic E-state index is 0.106. The monoisotopic (exact) mass is 252 g/mol. The minimum Gasteiger partial charge on any atom is -0.489 e. The van der Waals surface area contributed by atoms with Crippen molar-refractivity contribution >= 4 is 11.4 Å². The van der Waals surface area contributed by atoms with Crippen molar-refractivity contribution in [3.05, 3.63) is 18.2 Å². The van der Waals surface area contributed by atoms with Crippen molar-refractivity contribution in [1.29, 1.82) is 0 Å². The van der Waals surface area contributed by atoms with Crippen LogP contribution in [0.15, 0.2) is 18.2 Å². The van der Waals surface area contributed by atoms with Crippen molar-refractivity contribution in [1.82, 2.24) is 0 Å². The van der Waals surface area contributed by atoms with Crippen LogP contribution in [0, 0.1) is 0 Å². The maximum Gasteiger partial charge on any atom is 0.144 e. The Bertz CT molecular complexity index is 367. The van der Waals surface area contributed by atoms with Gasteiger partial charge in [-0.15, -0.1) is 0 Å². The number of hydrogen-bond donors (Lipinski definition) is 3. The Hall–Kier alpha value is -1.42. The van der Waals surface area contributed by atoms with Gasteiger partial charge in [0.05, 0.1) is 11.8 Å². The van der Waals surface area contributed by atoms with Crippen molar-refractivity contribution in [3.63, 3.8) is 0 Å². The van der Waals surface area contributed by atoms with E-state index in [0.29, 0.717) is 17.5 Å². The molecule has 102 valence electrons. The van der Waals surface area contributed by atoms with Crippen LogP contribution >= 0.6 is 0 Å². The summed E-state index contributed by atoms with van der Waals surface area (Å²) in [5, 5.41) is 12.2. The van der Waals surface area contributed by atoms with Gasteiger partial charge in [0.2, 0.25) is 0 Å². The van der Waals surface area contributed by atoms with Gasteiger partial charge in [-0.3, -0.25) is 0 Å². The van der Waals surface area contributed by atoms with E-state index in [1.807, 2.05) is 32.0 Å². The summed E-state index contributed by atoms with van der Waals surface area (Å²) in [6.45, 7) is 6.28. The fraction of sp³-hybridized carbons (Fsp3) is 0.571. The Morgan fingerprint density at radius 2 is 2.06 bits per heavy atom. The van der Waals surface area contributed by atoms with Gasteiger partial charge in [0, 0.05) is 24.4 Å². The van der Waals surface area contributed by atoms with E-state index in [4.69, 9.17) is 15.6 Å². The van der Waals surface area contributed by atoms with E-state index in [-0.39, 0.29) is 12.7 Å². The maximum absolute atomic E-state index is 8.80. The quantitative estimate of drug-likeness (QED) is 0.653. The first-order valence-electron chi connectivity index (χ1n) is 6.46. The van der Waals surface area contributed by atoms with Crippen molar-refractivity contribution in [2.24, 2.45) is 0 Å². The first-order valence-corrected chi connectivity index (χ1v) is 6.46. The number of aliphatic hydroxyl groups excluding tert-OH is 1. The zero-order valence-electron chi connectivity index (χ0n) is 11.4. The largest absolute Gasteiger partial charge is 0.489 e. The number of ether oxygens (including phenoxy) is 1. The van der Waals surface area contributed by atoms with Gasteiger partial charge in [0.15, 0.2) is 0 Å². The highest BCUT2D eigenvalue weighted by atomic mass is 16.5. The molecule has 0 radical (unpaired) electrons. The second kappa shape index (κ2) is 7.11. The van der Waals surface area contributed by atoms with Crippen LogP contribution in [0.5, 0.6) is 5.75 Å². The van der Waals surface area contributed by atoms with Crippen LogP contribution in [-0.2, 0) is 0 Å². The fourth-order valence-corrected chi connectivity index (χ4v) is 1.73. The second-order valence-electron chi connectivity index (χ2n) is 4.83. The molecule has 4 N–H and O–H groups in total. The lowest BCUT2D eigenvalue weighted by atomic mass is 10.1. The molecule has 1 unspecified atom stereocenters. The van der Waals surface area contributed by atoms with Crippen molar-refractivity contribution in [2.45, 2.75) is 45.8 Å². The summed E-state index contributed by atoms with van der Waals surface area (Å²) >= 11 is 0. The summed E-state index contributed by atoms with van der Waals surface area (Å²) in [7, 11) is 0. The van der Waals surface area contributed by atoms with Crippen molar-refractivity contribution in [3.8, 4) is 5.75 Å². The van der Waals surface area contributed by atoms with Crippen molar-refractivity contribution in [2.75, 3.05) is 17.7 Å². The van der Waals surface area contributed by atoms with Crippen LogP contribution in [0.3, 0.4) is 0 Å². The number of hydrogen-bond acceptors (Lipinski definition) is 4. The summed E-state index contributed by atoms with van der Waals surface area (Å²) in [5.74, 6) is 0.712. The lowest BCUT2D eigenvalue weighted by Gasteiger charge is -2.17. The van der Waals surface area contributed by atoms with Crippen LogP contribution in [0.4, 0.5) is 11.4 Å². The summed E-state index contributed by atoms with van der Waals surface area (Å²) < 4.78 is 5.64. The molecule has 1 atom stereocenters. The molecule has 18 heavy (non-hydrogen) atoms. The molecule has 1 rings (SSSR count). The average molecular weight is 252 g/mol. The van der Waals surface area contributed by atoms with Crippen molar-refractivity contribution < 1.29 is 9.84 Å². The first kappa shape index (κ1) is 14.6. The molecule has 4 nitrogen and oxygen atoms in total. The molecule has 0 aliphatic heterocycles. The van der Waals surface area contributed by atoms with Gasteiger partial charge >= 0.3 is 0 Å². The average Bonchev–Trinajstić information content (AvgIpc) is 2.30. The molecule has 0 bridgehead atoms. The topological polar surface area (TPSA) is 67.5 Å². The molecular formula is C14H24N2O2. The highest BCUT2D eigenvalue weighted by Crippen LogP contribution is 2.27. The van der Waals surface area contributed by atoms with Gasteiger partial charge in [-0.1, -0.05) is 0 Å². The summed E-state index contributed by atoms with van der Waals surface area (Å²) in [6, 6.07) is 6.02. The maximum atomic E-state index is 8.80. The minimum atomic E-state index is 0.106. The highest BCUT2D eigenvalue weighted by molar-refractivity contribution is 5.61. The molecule has 0 aliphatic carbocycles. The lowest BCUT2D eigenvalue weighted by molar-refractivity contribution is 0.244. The number of anilines is 2. The molecule has 0 heterocycles. The number of benzene rings is 1. The Morgan fingerprint density at radius 3 is 2.67 bits per heavy atom. The van der Waals surface area contributed by atoms with E-state index < -0.39 is 0 Å². The summed E-state index contributed by atoms with van der Waals surface area (Å²) in [4.78, 5) is 0. The molecule has 0 spiro atoms. The van der Waals surface area contributed by atoms with Gasteiger partial charge in [-0.2, -0.15) is 0 Å². The summed E-state index contributed by atoms with van der Waals surface area (Å²) in [5.41, 5.74) is 7.50. The van der Waals surface area contributed by atoms with Gasteiger partial charge in [-0.05, 0) is 45.7 Å². The van der Waals surface area contributed by atoms with E-state index in [1.54, 1.807) is 0 Å². The fourth-order valence-electron chi connectivity index (χ4n) is 1.73. The third-order valence-corrected chi connectivity index (χ3v) is 2.58. The zero-order chi connectivity index (χ0) is 13.5. The van der Waals surface area contributed by atoms with Crippen LogP contribution in [0.25, 0.3) is 0 Å². The second-order valence-corrected chi connectivity index (χ2v) is 4.83. The van der Waals surface area contributed by atoms with Gasteiger partial charge in [-0.25, -0.2) is 0 Å². The molecule has 0 amide bonds. The first-order chi connectivity index (χ1) is 8.52. The summed E-state index contributed by atoms with van der Waals surface area (Å²) in [6.07, 6.45) is 1.84. The van der Waals surface area contributed by atoms with Crippen LogP contribution in [-0.4, -0.2) is 23.9 Å². The Kier molecular flexibility index (Phi) is 5.78. The smallest absolute Gasteiger partial charge is 0.144 e. The SMILES string of the molecule is CC(CCCO)Nc1ccc(N)c(OC(C)C)c1. The molecule has 0 aromatic heterocycles. The van der Waals surface area contributed by atoms with E-state index in [0.717, 1.165) is 18.5 Å². The standard InChI is InChI=1S/C14H24N2O2/c1-10(2)18-14-9-12(6-7-13(14)15)16-11(3)5-4-8-17/h6-7,9-11,16-17H,4-5,8,15H2,1-3H3. The molecule has 1 aromatic carbocycles. The van der Waals surface area contributed by atoms with Crippen LogP contribution < -0.4 is 15.8 Å². The van der Waals surface area contributed by atoms with Crippen LogP contribution in [0.2, 0.25) is 0 Å². The molecule has 0 aliphatic rings. The third kappa shape index (κ3) is 4.84. The molecular weight excluding hydrogens is 228 g/mol. The van der Waals surface area contributed by atoms with Gasteiger partial charge < -0.3 is 20.9 Å². The van der Waals surface area contributed by atoms with E-state index in [2.05, 4.69) is 12.2 Å². The predicted molar refractivity (Wildman–Crippen MR) is 76.0 cm³/mol. The van der Waals surface area contributed by atoms with Gasteiger partial charge in [0.1, 0.15) is 5.75 Å². The number of nitrogens with two attached hydrogens (primary N) is 1. The third-order valence-electron chi connectivity index (χ3n) is 2.58. The van der Waals surface area contributed by atoms with E-state index in [1.165, 1.54) is 0 Å². The van der Waals surface area contributed by atoms with Gasteiger partial charge in [0.25, 0.3) is 0 Å². The Morgan fingerprint density at radius 1 is 1.33 bits per heavy atom. The Labute approximate surface area is 109 Å². The number of nitrogens with one attached hydrogen (secondary N) is 1. The lowest BCUT2D eigenvalue weighted by Crippen LogP contribution is -2.16. The highest BCUT2D eigenvalue weighted by Gasteiger charge is 2.06. The normalized spacial score (nSPS) is 12.5. The molecule has 0 fully saturated rings. The van der Waals surface area contributed by atoms with Crippen LogP contribution in [0.1, 0.15) is 33.6 Å². The number of aliphatic hydroxyl groups is 1. The molecule has 0 saturated heterocycles. The Balaban J connectivity index is 2.66. The molecule has 1 aromatic rings. The molecule has 4 heteroatoms. The predicted octanol–water partition coefficient (Wildman–Crippen LogP) is 2.63. The molecule has 0 saturated carbocycles. The zero-order valence-corrected chi connectivity index (χ0v) is 11.4. The number of rotatable bonds is 7. The van der Waals surface area contributed by atoms with E-state index >= 15 is 0 Å². The number of nitrogen functional groups attached to an aromatic ring is 1.